The van der Waals surface area contributed by atoms with Crippen molar-refractivity contribution >= 4 is 43.6 Å². The van der Waals surface area contributed by atoms with Crippen molar-refractivity contribution in [1.82, 2.24) is 19.1 Å². The number of benzene rings is 8. The van der Waals surface area contributed by atoms with E-state index in [-0.39, 0.29) is 0 Å². The maximum Gasteiger partial charge on any atom is 0.111 e. The Hall–Kier alpha value is -6.78. The van der Waals surface area contributed by atoms with E-state index in [2.05, 4.69) is 193 Å². The Balaban J connectivity index is 1.37. The molecular formula is C48H34N4. The predicted molar refractivity (Wildman–Crippen MR) is 216 cm³/mol. The Labute approximate surface area is 301 Å². The van der Waals surface area contributed by atoms with Gasteiger partial charge in [-0.2, -0.15) is 0 Å². The molecule has 10 rings (SSSR count). The summed E-state index contributed by atoms with van der Waals surface area (Å²) in [5.41, 5.74) is 13.5. The predicted octanol–water partition coefficient (Wildman–Crippen LogP) is 12.3. The number of imidazole rings is 2. The molecule has 0 fully saturated rings. The highest BCUT2D eigenvalue weighted by atomic mass is 15.1. The molecule has 2 heterocycles. The molecule has 4 nitrogen and oxygen atoms in total. The van der Waals surface area contributed by atoms with Crippen molar-refractivity contribution in [2.45, 2.75) is 13.8 Å². The molecule has 2 aromatic heterocycles. The molecule has 0 unspecified atom stereocenters. The van der Waals surface area contributed by atoms with Crippen molar-refractivity contribution < 1.29 is 0 Å². The average Bonchev–Trinajstić information content (AvgIpc) is 3.71. The molecule has 0 saturated heterocycles. The number of para-hydroxylation sites is 4. The summed E-state index contributed by atoms with van der Waals surface area (Å²) in [6, 6.07) is 61.0. The Morgan fingerprint density at radius 1 is 0.365 bits per heavy atom. The fourth-order valence-electron chi connectivity index (χ4n) is 8.14. The van der Waals surface area contributed by atoms with Gasteiger partial charge in [0.25, 0.3) is 0 Å². The van der Waals surface area contributed by atoms with Crippen molar-refractivity contribution in [1.29, 1.82) is 0 Å². The first-order valence-electron chi connectivity index (χ1n) is 17.8. The molecule has 0 aliphatic heterocycles. The van der Waals surface area contributed by atoms with Crippen molar-refractivity contribution in [3.8, 4) is 44.8 Å². The van der Waals surface area contributed by atoms with Crippen molar-refractivity contribution in [2.24, 2.45) is 0 Å². The van der Waals surface area contributed by atoms with Crippen molar-refractivity contribution in [3.63, 3.8) is 0 Å². The number of rotatable bonds is 5. The fourth-order valence-corrected chi connectivity index (χ4v) is 8.14. The van der Waals surface area contributed by atoms with E-state index < -0.39 is 0 Å². The van der Waals surface area contributed by atoms with Gasteiger partial charge in [-0.3, -0.25) is 9.13 Å². The molecule has 0 saturated carbocycles. The SMILES string of the molecule is Cc1nc2ccccc2n1-c1cccc2c(-c3ccc(-c4ccccc4)cc3-c3ccccc3)c3cccc(-n4c(C)nc5ccccc54)c3cc12. The summed E-state index contributed by atoms with van der Waals surface area (Å²) in [6.45, 7) is 4.20. The second-order valence-corrected chi connectivity index (χ2v) is 13.5. The van der Waals surface area contributed by atoms with E-state index in [9.17, 15) is 0 Å². The van der Waals surface area contributed by atoms with Crippen LogP contribution in [0.25, 0.3) is 88.4 Å². The van der Waals surface area contributed by atoms with Crippen LogP contribution in [0.5, 0.6) is 0 Å². The summed E-state index contributed by atoms with van der Waals surface area (Å²) in [6.07, 6.45) is 0. The smallest absolute Gasteiger partial charge is 0.111 e. The summed E-state index contributed by atoms with van der Waals surface area (Å²) in [7, 11) is 0. The molecule has 0 bridgehead atoms. The number of aromatic nitrogens is 4. The summed E-state index contributed by atoms with van der Waals surface area (Å²) >= 11 is 0. The zero-order valence-corrected chi connectivity index (χ0v) is 29.0. The van der Waals surface area contributed by atoms with Crippen LogP contribution in [-0.2, 0) is 0 Å². The minimum Gasteiger partial charge on any atom is -0.296 e. The highest BCUT2D eigenvalue weighted by Crippen LogP contribution is 2.45. The van der Waals surface area contributed by atoms with Crippen LogP contribution >= 0.6 is 0 Å². The molecule has 0 spiro atoms. The first kappa shape index (κ1) is 30.1. The Bertz CT molecular complexity index is 2830. The highest BCUT2D eigenvalue weighted by Gasteiger charge is 2.21. The van der Waals surface area contributed by atoms with Gasteiger partial charge in [0.2, 0.25) is 0 Å². The third-order valence-electron chi connectivity index (χ3n) is 10.4. The molecule has 8 aromatic carbocycles. The standard InChI is InChI=1S/C48H34N4/c1-31-49-42-21-9-11-23-46(42)51(31)44-25-13-19-36-40(44)30-41-37(20-14-26-45(41)52-32(2)50-43-22-10-12-24-47(43)52)48(36)38-28-27-35(33-15-5-3-6-16-33)29-39(38)34-17-7-4-8-18-34/h3-30H,1-2H3. The molecule has 4 heteroatoms. The number of aryl methyl sites for hydroxylation is 2. The van der Waals surface area contributed by atoms with Crippen LogP contribution < -0.4 is 0 Å². The van der Waals surface area contributed by atoms with Crippen LogP contribution in [-0.4, -0.2) is 19.1 Å². The molecular weight excluding hydrogens is 633 g/mol. The lowest BCUT2D eigenvalue weighted by Gasteiger charge is -2.21. The lowest BCUT2D eigenvalue weighted by molar-refractivity contribution is 1.01. The Morgan fingerprint density at radius 2 is 0.865 bits per heavy atom. The van der Waals surface area contributed by atoms with Gasteiger partial charge in [-0.05, 0) is 107 Å². The van der Waals surface area contributed by atoms with E-state index in [4.69, 9.17) is 9.97 Å². The van der Waals surface area contributed by atoms with Gasteiger partial charge < -0.3 is 0 Å². The number of nitrogens with zero attached hydrogens (tertiary/aromatic N) is 4. The number of hydrogen-bond donors (Lipinski definition) is 0. The van der Waals surface area contributed by atoms with Crippen molar-refractivity contribution in [3.05, 3.63) is 182 Å². The summed E-state index contributed by atoms with van der Waals surface area (Å²) in [5, 5.41) is 4.71. The van der Waals surface area contributed by atoms with Gasteiger partial charge in [-0.1, -0.05) is 121 Å². The quantitative estimate of drug-likeness (QED) is 0.171. The van der Waals surface area contributed by atoms with Crippen LogP contribution in [0.3, 0.4) is 0 Å². The molecule has 246 valence electrons. The van der Waals surface area contributed by atoms with E-state index in [0.29, 0.717) is 0 Å². The minimum atomic E-state index is 0.956. The van der Waals surface area contributed by atoms with E-state index in [0.717, 1.165) is 55.9 Å². The topological polar surface area (TPSA) is 35.6 Å². The lowest BCUT2D eigenvalue weighted by Crippen LogP contribution is -2.01. The van der Waals surface area contributed by atoms with Gasteiger partial charge in [0, 0.05) is 10.8 Å². The Morgan fingerprint density at radius 3 is 1.42 bits per heavy atom. The monoisotopic (exact) mass is 666 g/mol. The third kappa shape index (κ3) is 4.69. The molecule has 0 atom stereocenters. The zero-order chi connectivity index (χ0) is 34.8. The molecule has 0 N–H and O–H groups in total. The second kappa shape index (κ2) is 11.9. The normalized spacial score (nSPS) is 11.7. The molecule has 52 heavy (non-hydrogen) atoms. The van der Waals surface area contributed by atoms with Crippen LogP contribution in [0.1, 0.15) is 11.6 Å². The summed E-state index contributed by atoms with van der Waals surface area (Å²) < 4.78 is 4.62. The molecule has 0 radical (unpaired) electrons. The van der Waals surface area contributed by atoms with Gasteiger partial charge >= 0.3 is 0 Å². The molecule has 0 amide bonds. The average molecular weight is 667 g/mol. The van der Waals surface area contributed by atoms with Crippen molar-refractivity contribution in [2.75, 3.05) is 0 Å². The minimum absolute atomic E-state index is 0.956. The summed E-state index contributed by atoms with van der Waals surface area (Å²) in [4.78, 5) is 9.97. The molecule has 0 aliphatic carbocycles. The fraction of sp³-hybridized carbons (Fsp3) is 0.0417. The molecule has 0 aliphatic rings. The number of hydrogen-bond acceptors (Lipinski definition) is 2. The largest absolute Gasteiger partial charge is 0.296 e. The Kier molecular flexibility index (Phi) is 6.90. The first-order valence-corrected chi connectivity index (χ1v) is 17.8. The molecule has 10 aromatic rings. The second-order valence-electron chi connectivity index (χ2n) is 13.5. The van der Waals surface area contributed by atoms with Crippen LogP contribution in [0.15, 0.2) is 170 Å². The third-order valence-corrected chi connectivity index (χ3v) is 10.4. The van der Waals surface area contributed by atoms with E-state index >= 15 is 0 Å². The maximum absolute atomic E-state index is 4.99. The maximum atomic E-state index is 4.99. The van der Waals surface area contributed by atoms with Gasteiger partial charge in [-0.15, -0.1) is 0 Å². The van der Waals surface area contributed by atoms with Gasteiger partial charge in [-0.25, -0.2) is 9.97 Å². The van der Waals surface area contributed by atoms with Crippen LogP contribution in [0, 0.1) is 13.8 Å². The van der Waals surface area contributed by atoms with Gasteiger partial charge in [0.1, 0.15) is 11.6 Å². The van der Waals surface area contributed by atoms with Crippen LogP contribution in [0.4, 0.5) is 0 Å². The summed E-state index contributed by atoms with van der Waals surface area (Å²) in [5.74, 6) is 1.91. The van der Waals surface area contributed by atoms with Gasteiger partial charge in [0.05, 0.1) is 33.4 Å². The first-order chi connectivity index (χ1) is 25.6. The number of fused-ring (bicyclic) bond motifs is 4. The van der Waals surface area contributed by atoms with E-state index in [1.807, 2.05) is 0 Å². The van der Waals surface area contributed by atoms with E-state index in [1.54, 1.807) is 0 Å². The zero-order valence-electron chi connectivity index (χ0n) is 29.0. The van der Waals surface area contributed by atoms with E-state index in [1.165, 1.54) is 44.2 Å². The van der Waals surface area contributed by atoms with Crippen LogP contribution in [0.2, 0.25) is 0 Å². The lowest BCUT2D eigenvalue weighted by atomic mass is 9.85. The highest BCUT2D eigenvalue weighted by molar-refractivity contribution is 6.18. The van der Waals surface area contributed by atoms with Gasteiger partial charge in [0.15, 0.2) is 0 Å².